The Labute approximate surface area is 105 Å². The molecule has 0 saturated heterocycles. The van der Waals surface area contributed by atoms with Crippen LogP contribution in [0.15, 0.2) is 34.3 Å². The lowest BCUT2D eigenvalue weighted by Crippen LogP contribution is -2.26. The van der Waals surface area contributed by atoms with Crippen molar-refractivity contribution in [3.63, 3.8) is 0 Å². The molecule has 0 amide bonds. The van der Waals surface area contributed by atoms with E-state index in [1.165, 1.54) is 14.2 Å². The summed E-state index contributed by atoms with van der Waals surface area (Å²) in [6, 6.07) is 7.23. The van der Waals surface area contributed by atoms with Crippen LogP contribution >= 0.6 is 0 Å². The van der Waals surface area contributed by atoms with Crippen molar-refractivity contribution in [3.8, 4) is 0 Å². The summed E-state index contributed by atoms with van der Waals surface area (Å²) >= 11 is 0. The molecule has 0 unspecified atom stereocenters. The minimum absolute atomic E-state index is 0.0339. The van der Waals surface area contributed by atoms with Crippen LogP contribution in [0.1, 0.15) is 11.9 Å². The first-order valence-electron chi connectivity index (χ1n) is 5.16. The highest BCUT2D eigenvalue weighted by molar-refractivity contribution is 5.93. The molecule has 0 radical (unpaired) electrons. The third-order valence-electron chi connectivity index (χ3n) is 2.10. The summed E-state index contributed by atoms with van der Waals surface area (Å²) in [7, 11) is 3.07. The molecule has 0 aliphatic heterocycles. The predicted molar refractivity (Wildman–Crippen MR) is 70.3 cm³/mol. The Morgan fingerprint density at radius 1 is 1.11 bits per heavy atom. The van der Waals surface area contributed by atoms with Gasteiger partial charge in [0.05, 0.1) is 5.69 Å². The molecule has 0 aromatic heterocycles. The molecule has 7 nitrogen and oxygen atoms in total. The minimum atomic E-state index is -0.531. The van der Waals surface area contributed by atoms with Gasteiger partial charge in [-0.25, -0.2) is 4.99 Å². The molecule has 1 aromatic rings. The van der Waals surface area contributed by atoms with Gasteiger partial charge in [0.15, 0.2) is 12.2 Å². The molecule has 1 rings (SSSR count). The van der Waals surface area contributed by atoms with E-state index in [1.54, 1.807) is 6.07 Å². The monoisotopic (exact) mass is 251 g/mol. The molecular weight excluding hydrogens is 234 g/mol. The highest BCUT2D eigenvalue weighted by atomic mass is 16.7. The summed E-state index contributed by atoms with van der Waals surface area (Å²) in [6.07, 6.45) is -0.531. The van der Waals surface area contributed by atoms with Gasteiger partial charge in [0.25, 0.3) is 0 Å². The summed E-state index contributed by atoms with van der Waals surface area (Å²) in [5.41, 5.74) is 17.3. The van der Waals surface area contributed by atoms with E-state index in [9.17, 15) is 0 Å². The van der Waals surface area contributed by atoms with Crippen molar-refractivity contribution in [3.05, 3.63) is 29.8 Å². The number of nitrogens with zero attached hydrogens (tertiary/aromatic N) is 2. The summed E-state index contributed by atoms with van der Waals surface area (Å²) in [5.74, 6) is -0.183. The number of methoxy groups -OCH3 is 2. The summed E-state index contributed by atoms with van der Waals surface area (Å²) in [5, 5.41) is 0. The van der Waals surface area contributed by atoms with E-state index >= 15 is 0 Å². The fourth-order valence-corrected chi connectivity index (χ4v) is 1.42. The van der Waals surface area contributed by atoms with E-state index in [0.29, 0.717) is 5.69 Å². The Bertz CT molecular complexity index is 451. The standard InChI is InChI=1S/C11H17N5O2/c1-17-9(18-2)7-5-3-4-6-8(7)15-11(14)16-10(12)13/h3-6,9H,1-2H3,(H6,12,13,14,15,16). The number of hydrogen-bond donors (Lipinski definition) is 3. The fourth-order valence-electron chi connectivity index (χ4n) is 1.42. The van der Waals surface area contributed by atoms with Crippen molar-refractivity contribution in [2.24, 2.45) is 27.2 Å². The minimum Gasteiger partial charge on any atom is -0.370 e. The number of benzene rings is 1. The Morgan fingerprint density at radius 3 is 2.28 bits per heavy atom. The number of aliphatic imine (C=N–C) groups is 2. The number of nitrogens with two attached hydrogens (primary N) is 3. The second-order valence-electron chi connectivity index (χ2n) is 3.37. The molecule has 0 bridgehead atoms. The highest BCUT2D eigenvalue weighted by Gasteiger charge is 2.13. The van der Waals surface area contributed by atoms with Gasteiger partial charge in [0, 0.05) is 19.8 Å². The third kappa shape index (κ3) is 3.72. The molecule has 6 N–H and O–H groups in total. The molecule has 0 saturated carbocycles. The quantitative estimate of drug-likeness (QED) is 0.401. The maximum absolute atomic E-state index is 5.58. The zero-order chi connectivity index (χ0) is 13.5. The lowest BCUT2D eigenvalue weighted by atomic mass is 10.2. The highest BCUT2D eigenvalue weighted by Crippen LogP contribution is 2.27. The van der Waals surface area contributed by atoms with Crippen LogP contribution in [0.25, 0.3) is 0 Å². The molecule has 1 aromatic carbocycles. The van der Waals surface area contributed by atoms with Crippen LogP contribution in [0, 0.1) is 0 Å². The van der Waals surface area contributed by atoms with Crippen LogP contribution in [0.2, 0.25) is 0 Å². The van der Waals surface area contributed by atoms with E-state index in [1.807, 2.05) is 18.2 Å². The number of ether oxygens (including phenoxy) is 2. The van der Waals surface area contributed by atoms with E-state index in [4.69, 9.17) is 26.7 Å². The van der Waals surface area contributed by atoms with Crippen LogP contribution in [0.5, 0.6) is 0 Å². The molecule has 0 fully saturated rings. The van der Waals surface area contributed by atoms with Gasteiger partial charge in [0.1, 0.15) is 0 Å². The molecule has 98 valence electrons. The number of rotatable bonds is 4. The van der Waals surface area contributed by atoms with E-state index in [-0.39, 0.29) is 11.9 Å². The smallest absolute Gasteiger partial charge is 0.223 e. The van der Waals surface area contributed by atoms with Crippen LogP contribution in [-0.4, -0.2) is 26.1 Å². The third-order valence-corrected chi connectivity index (χ3v) is 2.10. The first-order chi connectivity index (χ1) is 8.58. The lowest BCUT2D eigenvalue weighted by Gasteiger charge is -2.15. The molecular formula is C11H17N5O2. The van der Waals surface area contributed by atoms with Crippen molar-refractivity contribution < 1.29 is 9.47 Å². The molecule has 0 heterocycles. The van der Waals surface area contributed by atoms with Gasteiger partial charge < -0.3 is 26.7 Å². The lowest BCUT2D eigenvalue weighted by molar-refractivity contribution is -0.105. The second kappa shape index (κ2) is 6.58. The topological polar surface area (TPSA) is 121 Å². The Kier molecular flexibility index (Phi) is 5.09. The van der Waals surface area contributed by atoms with Crippen molar-refractivity contribution in [1.82, 2.24) is 0 Å². The summed E-state index contributed by atoms with van der Waals surface area (Å²) in [6.45, 7) is 0. The van der Waals surface area contributed by atoms with Gasteiger partial charge in [0.2, 0.25) is 5.96 Å². The maximum atomic E-state index is 5.58. The maximum Gasteiger partial charge on any atom is 0.223 e. The Balaban J connectivity index is 3.13. The van der Waals surface area contributed by atoms with Crippen molar-refractivity contribution in [1.29, 1.82) is 0 Å². The van der Waals surface area contributed by atoms with Crippen molar-refractivity contribution >= 4 is 17.6 Å². The van der Waals surface area contributed by atoms with Gasteiger partial charge in [-0.15, -0.1) is 0 Å². The van der Waals surface area contributed by atoms with Gasteiger partial charge >= 0.3 is 0 Å². The normalized spacial score (nSPS) is 11.6. The molecule has 7 heteroatoms. The average molecular weight is 251 g/mol. The first kappa shape index (κ1) is 13.9. The van der Waals surface area contributed by atoms with Crippen LogP contribution < -0.4 is 17.2 Å². The van der Waals surface area contributed by atoms with E-state index in [0.717, 1.165) is 5.56 Å². The molecule has 0 spiro atoms. The fraction of sp³-hybridized carbons (Fsp3) is 0.273. The van der Waals surface area contributed by atoms with Crippen molar-refractivity contribution in [2.75, 3.05) is 14.2 Å². The van der Waals surface area contributed by atoms with Gasteiger partial charge in [-0.3, -0.25) is 0 Å². The summed E-state index contributed by atoms with van der Waals surface area (Å²) < 4.78 is 10.3. The average Bonchev–Trinajstić information content (AvgIpc) is 2.31. The zero-order valence-corrected chi connectivity index (χ0v) is 10.3. The summed E-state index contributed by atoms with van der Waals surface area (Å²) in [4.78, 5) is 7.75. The van der Waals surface area contributed by atoms with Gasteiger partial charge in [-0.05, 0) is 6.07 Å². The van der Waals surface area contributed by atoms with E-state index < -0.39 is 6.29 Å². The predicted octanol–water partition coefficient (Wildman–Crippen LogP) is 0.198. The molecule has 0 atom stereocenters. The zero-order valence-electron chi connectivity index (χ0n) is 10.3. The number of guanidine groups is 2. The van der Waals surface area contributed by atoms with Gasteiger partial charge in [-0.2, -0.15) is 4.99 Å². The molecule has 0 aliphatic rings. The number of hydrogen-bond acceptors (Lipinski definition) is 3. The Morgan fingerprint density at radius 2 is 1.72 bits per heavy atom. The van der Waals surface area contributed by atoms with Crippen LogP contribution in [-0.2, 0) is 9.47 Å². The molecule has 18 heavy (non-hydrogen) atoms. The SMILES string of the molecule is COC(OC)c1ccccc1N=C(N)N=C(N)N. The first-order valence-corrected chi connectivity index (χ1v) is 5.16. The van der Waals surface area contributed by atoms with E-state index in [2.05, 4.69) is 9.98 Å². The largest absolute Gasteiger partial charge is 0.370 e. The number of para-hydroxylation sites is 1. The van der Waals surface area contributed by atoms with Gasteiger partial charge in [-0.1, -0.05) is 18.2 Å². The Hall–Kier alpha value is -2.12. The van der Waals surface area contributed by atoms with Crippen LogP contribution in [0.4, 0.5) is 5.69 Å². The molecule has 0 aliphatic carbocycles. The van der Waals surface area contributed by atoms with Crippen LogP contribution in [0.3, 0.4) is 0 Å². The second-order valence-corrected chi connectivity index (χ2v) is 3.37. The van der Waals surface area contributed by atoms with Crippen molar-refractivity contribution in [2.45, 2.75) is 6.29 Å².